The molecular weight excluding hydrogens is 200 g/mol. The number of hydrogen-bond acceptors (Lipinski definition) is 3. The number of aliphatic hydroxyl groups is 1. The largest absolute Gasteiger partial charge is 0.396 e. The van der Waals surface area contributed by atoms with Gasteiger partial charge in [0.25, 0.3) is 0 Å². The van der Waals surface area contributed by atoms with Crippen LogP contribution in [0.15, 0.2) is 24.3 Å². The first kappa shape index (κ1) is 11.4. The van der Waals surface area contributed by atoms with E-state index in [1.165, 1.54) is 11.3 Å². The summed E-state index contributed by atoms with van der Waals surface area (Å²) in [7, 11) is 2.17. The Morgan fingerprint density at radius 3 is 2.62 bits per heavy atom. The fourth-order valence-corrected chi connectivity index (χ4v) is 2.10. The molecule has 1 aromatic rings. The maximum Gasteiger partial charge on any atom is 0.0471 e. The van der Waals surface area contributed by atoms with Gasteiger partial charge in [-0.15, -0.1) is 0 Å². The van der Waals surface area contributed by atoms with Crippen molar-refractivity contribution < 1.29 is 5.11 Å². The van der Waals surface area contributed by atoms with Crippen molar-refractivity contribution in [2.24, 2.45) is 0 Å². The molecule has 2 rings (SSSR count). The molecule has 1 aliphatic rings. The minimum atomic E-state index is 0.228. The lowest BCUT2D eigenvalue weighted by Crippen LogP contribution is -2.44. The van der Waals surface area contributed by atoms with E-state index in [-0.39, 0.29) is 6.61 Å². The van der Waals surface area contributed by atoms with Crippen LogP contribution in [0.1, 0.15) is 5.56 Å². The van der Waals surface area contributed by atoms with E-state index >= 15 is 0 Å². The Hall–Kier alpha value is -1.06. The highest BCUT2D eigenvalue weighted by molar-refractivity contribution is 5.49. The predicted octanol–water partition coefficient (Wildman–Crippen LogP) is 0.973. The molecule has 0 bridgehead atoms. The Labute approximate surface area is 97.3 Å². The molecule has 0 radical (unpaired) electrons. The van der Waals surface area contributed by atoms with E-state index in [1.54, 1.807) is 0 Å². The lowest BCUT2D eigenvalue weighted by Gasteiger charge is -2.34. The van der Waals surface area contributed by atoms with Crippen molar-refractivity contribution in [2.75, 3.05) is 44.7 Å². The second kappa shape index (κ2) is 5.32. The Morgan fingerprint density at radius 1 is 1.19 bits per heavy atom. The van der Waals surface area contributed by atoms with Crippen LogP contribution in [0.4, 0.5) is 5.69 Å². The van der Waals surface area contributed by atoms with E-state index in [4.69, 9.17) is 5.11 Å². The first-order valence-electron chi connectivity index (χ1n) is 5.93. The molecule has 1 saturated heterocycles. The van der Waals surface area contributed by atoms with Crippen LogP contribution >= 0.6 is 0 Å². The van der Waals surface area contributed by atoms with Gasteiger partial charge in [0.2, 0.25) is 0 Å². The van der Waals surface area contributed by atoms with E-state index in [1.807, 2.05) is 0 Å². The molecule has 3 heteroatoms. The van der Waals surface area contributed by atoms with Gasteiger partial charge in [-0.2, -0.15) is 0 Å². The van der Waals surface area contributed by atoms with Crippen molar-refractivity contribution in [3.05, 3.63) is 29.8 Å². The van der Waals surface area contributed by atoms with E-state index in [0.29, 0.717) is 0 Å². The zero-order chi connectivity index (χ0) is 11.4. The standard InChI is InChI=1S/C13H20N2O/c1-14-6-8-15(9-7-14)13-4-2-3-12(11-13)5-10-16/h2-4,11,16H,5-10H2,1H3. The summed E-state index contributed by atoms with van der Waals surface area (Å²) in [4.78, 5) is 4.77. The van der Waals surface area contributed by atoms with Crippen LogP contribution in [0.3, 0.4) is 0 Å². The lowest BCUT2D eigenvalue weighted by molar-refractivity contribution is 0.299. The van der Waals surface area contributed by atoms with Crippen LogP contribution in [0.2, 0.25) is 0 Å². The highest BCUT2D eigenvalue weighted by Crippen LogP contribution is 2.18. The maximum atomic E-state index is 8.94. The molecule has 16 heavy (non-hydrogen) atoms. The van der Waals surface area contributed by atoms with Gasteiger partial charge in [-0.05, 0) is 31.2 Å². The summed E-state index contributed by atoms with van der Waals surface area (Å²) in [6, 6.07) is 8.52. The summed E-state index contributed by atoms with van der Waals surface area (Å²) in [6.45, 7) is 4.68. The average molecular weight is 220 g/mol. The van der Waals surface area contributed by atoms with Gasteiger partial charge >= 0.3 is 0 Å². The molecule has 1 heterocycles. The summed E-state index contributed by atoms with van der Waals surface area (Å²) in [5.41, 5.74) is 2.51. The minimum absolute atomic E-state index is 0.228. The minimum Gasteiger partial charge on any atom is -0.396 e. The fourth-order valence-electron chi connectivity index (χ4n) is 2.10. The van der Waals surface area contributed by atoms with Crippen molar-refractivity contribution >= 4 is 5.69 Å². The number of nitrogens with zero attached hydrogens (tertiary/aromatic N) is 2. The number of rotatable bonds is 3. The second-order valence-electron chi connectivity index (χ2n) is 4.43. The Balaban J connectivity index is 2.05. The third-order valence-electron chi connectivity index (χ3n) is 3.18. The molecule has 0 amide bonds. The number of hydrogen-bond donors (Lipinski definition) is 1. The Bertz CT molecular complexity index is 332. The predicted molar refractivity (Wildman–Crippen MR) is 66.9 cm³/mol. The summed E-state index contributed by atoms with van der Waals surface area (Å²) in [6.07, 6.45) is 0.752. The molecule has 0 saturated carbocycles. The smallest absolute Gasteiger partial charge is 0.0471 e. The van der Waals surface area contributed by atoms with Crippen LogP contribution in [0.5, 0.6) is 0 Å². The molecule has 1 aromatic carbocycles. The summed E-state index contributed by atoms with van der Waals surface area (Å²) in [5, 5.41) is 8.94. The van der Waals surface area contributed by atoms with Crippen molar-refractivity contribution in [1.29, 1.82) is 0 Å². The number of aliphatic hydroxyl groups excluding tert-OH is 1. The van der Waals surface area contributed by atoms with Gasteiger partial charge in [-0.25, -0.2) is 0 Å². The van der Waals surface area contributed by atoms with Crippen LogP contribution in [0, 0.1) is 0 Å². The third kappa shape index (κ3) is 2.74. The number of anilines is 1. The highest BCUT2D eigenvalue weighted by atomic mass is 16.2. The van der Waals surface area contributed by atoms with E-state index in [9.17, 15) is 0 Å². The number of benzene rings is 1. The molecular formula is C13H20N2O. The molecule has 3 nitrogen and oxygen atoms in total. The Kier molecular flexibility index (Phi) is 3.80. The third-order valence-corrected chi connectivity index (χ3v) is 3.18. The van der Waals surface area contributed by atoms with Gasteiger partial charge in [0.1, 0.15) is 0 Å². The van der Waals surface area contributed by atoms with E-state index in [0.717, 1.165) is 32.6 Å². The van der Waals surface area contributed by atoms with Gasteiger partial charge in [0.15, 0.2) is 0 Å². The summed E-state index contributed by atoms with van der Waals surface area (Å²) in [5.74, 6) is 0. The SMILES string of the molecule is CN1CCN(c2cccc(CCO)c2)CC1. The van der Waals surface area contributed by atoms with Crippen molar-refractivity contribution in [1.82, 2.24) is 4.90 Å². The fraction of sp³-hybridized carbons (Fsp3) is 0.538. The zero-order valence-corrected chi connectivity index (χ0v) is 9.89. The maximum absolute atomic E-state index is 8.94. The zero-order valence-electron chi connectivity index (χ0n) is 9.89. The molecule has 0 aliphatic carbocycles. The number of piperazine rings is 1. The monoisotopic (exact) mass is 220 g/mol. The van der Waals surface area contributed by atoms with Gasteiger partial charge in [0.05, 0.1) is 0 Å². The molecule has 0 unspecified atom stereocenters. The molecule has 1 aliphatic heterocycles. The molecule has 0 aromatic heterocycles. The van der Waals surface area contributed by atoms with Gasteiger partial charge in [0, 0.05) is 38.5 Å². The number of likely N-dealkylation sites (N-methyl/N-ethyl adjacent to an activating group) is 1. The highest BCUT2D eigenvalue weighted by Gasteiger charge is 2.13. The van der Waals surface area contributed by atoms with Crippen LogP contribution in [-0.2, 0) is 6.42 Å². The quantitative estimate of drug-likeness (QED) is 0.822. The van der Waals surface area contributed by atoms with Gasteiger partial charge < -0.3 is 14.9 Å². The molecule has 1 fully saturated rings. The first-order chi connectivity index (χ1) is 7.79. The normalized spacial score (nSPS) is 17.8. The molecule has 88 valence electrons. The average Bonchev–Trinajstić information content (AvgIpc) is 2.31. The molecule has 1 N–H and O–H groups in total. The van der Waals surface area contributed by atoms with Gasteiger partial charge in [-0.1, -0.05) is 12.1 Å². The first-order valence-corrected chi connectivity index (χ1v) is 5.93. The van der Waals surface area contributed by atoms with Crippen molar-refractivity contribution in [3.8, 4) is 0 Å². The summed E-state index contributed by atoms with van der Waals surface area (Å²) >= 11 is 0. The van der Waals surface area contributed by atoms with Crippen molar-refractivity contribution in [2.45, 2.75) is 6.42 Å². The molecule has 0 atom stereocenters. The summed E-state index contributed by atoms with van der Waals surface area (Å²) < 4.78 is 0. The lowest BCUT2D eigenvalue weighted by atomic mass is 10.1. The van der Waals surface area contributed by atoms with Crippen LogP contribution in [-0.4, -0.2) is 49.8 Å². The van der Waals surface area contributed by atoms with E-state index < -0.39 is 0 Å². The topological polar surface area (TPSA) is 26.7 Å². The van der Waals surface area contributed by atoms with Crippen molar-refractivity contribution in [3.63, 3.8) is 0 Å². The molecule has 0 spiro atoms. The van der Waals surface area contributed by atoms with Crippen LogP contribution < -0.4 is 4.90 Å². The van der Waals surface area contributed by atoms with Gasteiger partial charge in [-0.3, -0.25) is 0 Å². The second-order valence-corrected chi connectivity index (χ2v) is 4.43. The van der Waals surface area contributed by atoms with Crippen LogP contribution in [0.25, 0.3) is 0 Å². The Morgan fingerprint density at radius 2 is 1.94 bits per heavy atom. The van der Waals surface area contributed by atoms with E-state index in [2.05, 4.69) is 41.1 Å².